The van der Waals surface area contributed by atoms with Gasteiger partial charge in [-0.2, -0.15) is 0 Å². The van der Waals surface area contributed by atoms with Gasteiger partial charge in [0.15, 0.2) is 0 Å². The highest BCUT2D eigenvalue weighted by molar-refractivity contribution is 6.14. The Morgan fingerprint density at radius 1 is 0.762 bits per heavy atom. The summed E-state index contributed by atoms with van der Waals surface area (Å²) in [5.74, 6) is -1.11. The molecule has 0 unspecified atom stereocenters. The van der Waals surface area contributed by atoms with Crippen LogP contribution in [0.25, 0.3) is 0 Å². The predicted molar refractivity (Wildman–Crippen MR) is 84.0 cm³/mol. The molecule has 4 heteroatoms. The largest absolute Gasteiger partial charge is 0.462 e. The molecule has 0 bridgehead atoms. The summed E-state index contributed by atoms with van der Waals surface area (Å²) in [6.07, 6.45) is 9.02. The van der Waals surface area contributed by atoms with E-state index >= 15 is 0 Å². The van der Waals surface area contributed by atoms with Gasteiger partial charge in [-0.25, -0.2) is 9.59 Å². The van der Waals surface area contributed by atoms with Crippen molar-refractivity contribution in [2.45, 2.75) is 72.1 Å². The summed E-state index contributed by atoms with van der Waals surface area (Å²) < 4.78 is 10.2. The molecule has 0 saturated carbocycles. The lowest BCUT2D eigenvalue weighted by Gasteiger charge is -2.08. The maximum Gasteiger partial charge on any atom is 0.345 e. The molecule has 0 aliphatic heterocycles. The third-order valence-electron chi connectivity index (χ3n) is 3.06. The molecule has 0 spiro atoms. The molecule has 0 N–H and O–H groups in total. The number of hydrogen-bond donors (Lipinski definition) is 0. The summed E-state index contributed by atoms with van der Waals surface area (Å²) in [6.45, 7) is 6.86. The van der Waals surface area contributed by atoms with Crippen LogP contribution < -0.4 is 0 Å². The molecule has 21 heavy (non-hydrogen) atoms. The van der Waals surface area contributed by atoms with Gasteiger partial charge in [0, 0.05) is 0 Å². The van der Waals surface area contributed by atoms with Crippen molar-refractivity contribution in [1.82, 2.24) is 0 Å². The second kappa shape index (κ2) is 13.7. The van der Waals surface area contributed by atoms with E-state index in [9.17, 15) is 9.59 Å². The summed E-state index contributed by atoms with van der Waals surface area (Å²) in [6, 6.07) is 0. The highest BCUT2D eigenvalue weighted by Gasteiger charge is 2.20. The Hall–Kier alpha value is -1.32. The first-order chi connectivity index (χ1) is 10.2. The summed E-state index contributed by atoms with van der Waals surface area (Å²) >= 11 is 0. The number of allylic oxidation sites excluding steroid dienone is 1. The van der Waals surface area contributed by atoms with Crippen molar-refractivity contribution in [3.8, 4) is 0 Å². The average Bonchev–Trinajstić information content (AvgIpc) is 2.47. The Kier molecular flexibility index (Phi) is 12.8. The van der Waals surface area contributed by atoms with Crippen LogP contribution in [0.2, 0.25) is 0 Å². The second-order valence-electron chi connectivity index (χ2n) is 5.09. The Balaban J connectivity index is 4.51. The van der Waals surface area contributed by atoms with Gasteiger partial charge < -0.3 is 9.47 Å². The number of rotatable bonds is 12. The Morgan fingerprint density at radius 2 is 1.24 bits per heavy atom. The second-order valence-corrected chi connectivity index (χ2v) is 5.09. The van der Waals surface area contributed by atoms with E-state index in [0.717, 1.165) is 44.9 Å². The van der Waals surface area contributed by atoms with E-state index in [-0.39, 0.29) is 5.57 Å². The molecular weight excluding hydrogens is 268 g/mol. The zero-order valence-electron chi connectivity index (χ0n) is 13.8. The normalized spacial score (nSPS) is 10.0. The predicted octanol–water partition coefficient (Wildman–Crippen LogP) is 4.18. The van der Waals surface area contributed by atoms with Crippen LogP contribution in [-0.4, -0.2) is 25.2 Å². The van der Waals surface area contributed by atoms with Crippen molar-refractivity contribution in [2.75, 3.05) is 13.2 Å². The minimum Gasteiger partial charge on any atom is -0.462 e. The molecule has 0 amide bonds. The zero-order valence-corrected chi connectivity index (χ0v) is 13.8. The van der Waals surface area contributed by atoms with Crippen molar-refractivity contribution in [1.29, 1.82) is 0 Å². The SMILES string of the molecule is CCCCCC=C(C(=O)OCCCC)C(=O)OCCCC. The van der Waals surface area contributed by atoms with Crippen molar-refractivity contribution < 1.29 is 19.1 Å². The van der Waals surface area contributed by atoms with E-state index in [2.05, 4.69) is 6.92 Å². The lowest BCUT2D eigenvalue weighted by molar-refractivity contribution is -0.147. The summed E-state index contributed by atoms with van der Waals surface area (Å²) in [5, 5.41) is 0. The van der Waals surface area contributed by atoms with Crippen molar-refractivity contribution in [3.05, 3.63) is 11.6 Å². The van der Waals surface area contributed by atoms with Gasteiger partial charge in [0.25, 0.3) is 0 Å². The minimum absolute atomic E-state index is 0.0540. The van der Waals surface area contributed by atoms with Gasteiger partial charge in [-0.05, 0) is 25.7 Å². The molecule has 0 heterocycles. The van der Waals surface area contributed by atoms with Crippen LogP contribution in [-0.2, 0) is 19.1 Å². The number of carbonyl (C=O) groups excluding carboxylic acids is 2. The molecule has 0 radical (unpaired) electrons. The number of carbonyl (C=O) groups is 2. The smallest absolute Gasteiger partial charge is 0.345 e. The number of unbranched alkanes of at least 4 members (excludes halogenated alkanes) is 5. The third kappa shape index (κ3) is 10.1. The first-order valence-electron chi connectivity index (χ1n) is 8.21. The van der Waals surface area contributed by atoms with Crippen LogP contribution in [0.4, 0.5) is 0 Å². The molecule has 0 aromatic rings. The van der Waals surface area contributed by atoms with E-state index in [1.165, 1.54) is 0 Å². The maximum absolute atomic E-state index is 12.0. The molecule has 122 valence electrons. The van der Waals surface area contributed by atoms with Gasteiger partial charge in [-0.3, -0.25) is 0 Å². The fourth-order valence-corrected chi connectivity index (χ4v) is 1.66. The molecule has 4 nitrogen and oxygen atoms in total. The molecule has 0 aromatic carbocycles. The first-order valence-corrected chi connectivity index (χ1v) is 8.21. The maximum atomic E-state index is 12.0. The number of ether oxygens (including phenoxy) is 2. The standard InChI is InChI=1S/C17H30O4/c1-4-7-10-11-12-15(16(18)20-13-8-5-2)17(19)21-14-9-6-3/h12H,4-11,13-14H2,1-3H3. The summed E-state index contributed by atoms with van der Waals surface area (Å²) in [5.41, 5.74) is 0.0540. The molecule has 0 aliphatic rings. The summed E-state index contributed by atoms with van der Waals surface area (Å²) in [4.78, 5) is 23.9. The van der Waals surface area contributed by atoms with Crippen LogP contribution >= 0.6 is 0 Å². The van der Waals surface area contributed by atoms with E-state index in [4.69, 9.17) is 9.47 Å². The quantitative estimate of drug-likeness (QED) is 0.178. The fraction of sp³-hybridized carbons (Fsp3) is 0.765. The van der Waals surface area contributed by atoms with Gasteiger partial charge in [-0.15, -0.1) is 0 Å². The van der Waals surface area contributed by atoms with Crippen LogP contribution in [0.3, 0.4) is 0 Å². The van der Waals surface area contributed by atoms with Gasteiger partial charge in [0.05, 0.1) is 13.2 Å². The zero-order chi connectivity index (χ0) is 15.9. The molecule has 0 saturated heterocycles. The van der Waals surface area contributed by atoms with E-state index in [0.29, 0.717) is 19.6 Å². The van der Waals surface area contributed by atoms with Gasteiger partial charge in [0.2, 0.25) is 0 Å². The van der Waals surface area contributed by atoms with Crippen LogP contribution in [0.15, 0.2) is 11.6 Å². The lowest BCUT2D eigenvalue weighted by atomic mass is 10.1. The van der Waals surface area contributed by atoms with Crippen LogP contribution in [0.1, 0.15) is 72.1 Å². The molecule has 0 aliphatic carbocycles. The molecule has 0 fully saturated rings. The molecule has 0 atom stereocenters. The third-order valence-corrected chi connectivity index (χ3v) is 3.06. The minimum atomic E-state index is -0.554. The molecule has 0 rings (SSSR count). The van der Waals surface area contributed by atoms with Crippen molar-refractivity contribution in [3.63, 3.8) is 0 Å². The Labute approximate surface area is 128 Å². The van der Waals surface area contributed by atoms with Gasteiger partial charge in [0.1, 0.15) is 5.57 Å². The number of esters is 2. The van der Waals surface area contributed by atoms with E-state index in [1.54, 1.807) is 6.08 Å². The van der Waals surface area contributed by atoms with Gasteiger partial charge in [-0.1, -0.05) is 52.5 Å². The highest BCUT2D eigenvalue weighted by Crippen LogP contribution is 2.09. The van der Waals surface area contributed by atoms with Crippen molar-refractivity contribution in [2.24, 2.45) is 0 Å². The van der Waals surface area contributed by atoms with Crippen molar-refractivity contribution >= 4 is 11.9 Å². The monoisotopic (exact) mass is 298 g/mol. The fourth-order valence-electron chi connectivity index (χ4n) is 1.66. The topological polar surface area (TPSA) is 52.6 Å². The average molecular weight is 298 g/mol. The van der Waals surface area contributed by atoms with E-state index in [1.807, 2.05) is 13.8 Å². The van der Waals surface area contributed by atoms with Crippen LogP contribution in [0, 0.1) is 0 Å². The first kappa shape index (κ1) is 19.7. The van der Waals surface area contributed by atoms with Gasteiger partial charge >= 0.3 is 11.9 Å². The Morgan fingerprint density at radius 3 is 1.67 bits per heavy atom. The molecular formula is C17H30O4. The summed E-state index contributed by atoms with van der Waals surface area (Å²) in [7, 11) is 0. The van der Waals surface area contributed by atoms with Crippen LogP contribution in [0.5, 0.6) is 0 Å². The lowest BCUT2D eigenvalue weighted by Crippen LogP contribution is -2.19. The number of hydrogen-bond acceptors (Lipinski definition) is 4. The highest BCUT2D eigenvalue weighted by atomic mass is 16.6. The molecule has 0 aromatic heterocycles. The Bertz CT molecular complexity index is 297. The van der Waals surface area contributed by atoms with E-state index < -0.39 is 11.9 Å².